The maximum Gasteiger partial charge on any atom is 0.411 e. The van der Waals surface area contributed by atoms with Crippen LogP contribution in [0.5, 0.6) is 0 Å². The number of rotatable bonds is 4. The zero-order valence-electron chi connectivity index (χ0n) is 13.9. The fourth-order valence-electron chi connectivity index (χ4n) is 2.96. The van der Waals surface area contributed by atoms with E-state index in [1.807, 2.05) is 42.5 Å². The number of amides is 2. The highest BCUT2D eigenvalue weighted by atomic mass is 32.2. The minimum Gasteiger partial charge on any atom is -0.447 e. The zero-order valence-corrected chi connectivity index (χ0v) is 14.7. The van der Waals surface area contributed by atoms with Crippen LogP contribution < -0.4 is 5.32 Å². The molecule has 0 saturated carbocycles. The van der Waals surface area contributed by atoms with Crippen LogP contribution in [0.1, 0.15) is 6.42 Å². The number of carbonyl (C=O) groups is 2. The van der Waals surface area contributed by atoms with Crippen molar-refractivity contribution in [3.63, 3.8) is 0 Å². The fourth-order valence-corrected chi connectivity index (χ4v) is 4.17. The molecule has 0 spiro atoms. The number of carbonyl (C=O) groups excluding carboxylic acids is 2. The van der Waals surface area contributed by atoms with Gasteiger partial charge in [-0.1, -0.05) is 30.3 Å². The lowest BCUT2D eigenvalue weighted by Crippen LogP contribution is -2.35. The van der Waals surface area contributed by atoms with Crippen LogP contribution in [0.2, 0.25) is 0 Å². The molecule has 1 atom stereocenters. The second-order valence-corrected chi connectivity index (χ2v) is 7.17. The van der Waals surface area contributed by atoms with E-state index in [0.29, 0.717) is 18.7 Å². The fraction of sp³-hybridized carbons (Fsp3) is 0.211. The van der Waals surface area contributed by atoms with E-state index < -0.39 is 6.09 Å². The average molecular weight is 367 g/mol. The number of nitrogens with one attached hydrogen (secondary N) is 1. The lowest BCUT2D eigenvalue weighted by molar-refractivity contribution is -0.125. The van der Waals surface area contributed by atoms with Gasteiger partial charge in [-0.25, -0.2) is 9.79 Å². The molecule has 7 heteroatoms. The van der Waals surface area contributed by atoms with Crippen LogP contribution in [0.3, 0.4) is 0 Å². The van der Waals surface area contributed by atoms with Crippen molar-refractivity contribution < 1.29 is 14.3 Å². The van der Waals surface area contributed by atoms with Gasteiger partial charge in [0.25, 0.3) is 0 Å². The summed E-state index contributed by atoms with van der Waals surface area (Å²) >= 11 is 1.66. The number of likely N-dealkylation sites (tertiary alicyclic amines) is 1. The van der Waals surface area contributed by atoms with Gasteiger partial charge in [0.15, 0.2) is 0 Å². The largest absolute Gasteiger partial charge is 0.447 e. The number of ether oxygens (including phenoxy) is 1. The number of hydrogen-bond donors (Lipinski definition) is 1. The highest BCUT2D eigenvalue weighted by molar-refractivity contribution is 8.01. The van der Waals surface area contributed by atoms with Crippen LogP contribution in [0.4, 0.5) is 16.2 Å². The van der Waals surface area contributed by atoms with Gasteiger partial charge >= 0.3 is 6.09 Å². The summed E-state index contributed by atoms with van der Waals surface area (Å²) in [5, 5.41) is 2.69. The van der Waals surface area contributed by atoms with E-state index in [-0.39, 0.29) is 17.8 Å². The summed E-state index contributed by atoms with van der Waals surface area (Å²) in [6.45, 7) is 0.418. The van der Waals surface area contributed by atoms with Crippen LogP contribution in [0, 0.1) is 0 Å². The summed E-state index contributed by atoms with van der Waals surface area (Å²) in [5.74, 6) is 0.770. The van der Waals surface area contributed by atoms with Gasteiger partial charge < -0.3 is 4.74 Å². The topological polar surface area (TPSA) is 71.0 Å². The van der Waals surface area contributed by atoms with E-state index in [1.165, 1.54) is 0 Å². The number of amidine groups is 1. The quantitative estimate of drug-likeness (QED) is 0.895. The second kappa shape index (κ2) is 7.21. The molecule has 6 nitrogen and oxygen atoms in total. The Morgan fingerprint density at radius 2 is 1.96 bits per heavy atom. The molecule has 2 heterocycles. The Labute approximate surface area is 155 Å². The molecule has 1 saturated heterocycles. The lowest BCUT2D eigenvalue weighted by atomic mass is 10.3. The third-order valence-corrected chi connectivity index (χ3v) is 5.42. The highest BCUT2D eigenvalue weighted by Crippen LogP contribution is 2.42. The number of fused-ring (bicyclic) bond motifs is 2. The van der Waals surface area contributed by atoms with Crippen LogP contribution in [-0.2, 0) is 9.53 Å². The maximum absolute atomic E-state index is 12.3. The van der Waals surface area contributed by atoms with E-state index in [2.05, 4.69) is 10.3 Å². The van der Waals surface area contributed by atoms with Gasteiger partial charge in [0.05, 0.1) is 17.5 Å². The Balaban J connectivity index is 1.37. The number of anilines is 1. The Hall–Kier alpha value is -2.80. The first-order valence-electron chi connectivity index (χ1n) is 8.34. The van der Waals surface area contributed by atoms with E-state index in [0.717, 1.165) is 16.4 Å². The first kappa shape index (κ1) is 16.7. The van der Waals surface area contributed by atoms with Crippen molar-refractivity contribution in [3.8, 4) is 0 Å². The first-order chi connectivity index (χ1) is 12.7. The predicted molar refractivity (Wildman–Crippen MR) is 101 cm³/mol. The summed E-state index contributed by atoms with van der Waals surface area (Å²) in [6, 6.07) is 16.9. The Bertz CT molecular complexity index is 869. The van der Waals surface area contributed by atoms with Gasteiger partial charge in [-0.2, -0.15) is 0 Å². The maximum atomic E-state index is 12.3. The third kappa shape index (κ3) is 3.43. The summed E-state index contributed by atoms with van der Waals surface area (Å²) in [4.78, 5) is 31.5. The molecule has 1 unspecified atom stereocenters. The molecule has 1 fully saturated rings. The number of thioether (sulfide) groups is 1. The molecular formula is C19H17N3O3S. The summed E-state index contributed by atoms with van der Waals surface area (Å²) in [7, 11) is 0. The number of benzene rings is 2. The Morgan fingerprint density at radius 3 is 2.81 bits per heavy atom. The van der Waals surface area contributed by atoms with Gasteiger partial charge in [0.1, 0.15) is 12.4 Å². The Morgan fingerprint density at radius 1 is 1.19 bits per heavy atom. The molecule has 2 aliphatic heterocycles. The number of para-hydroxylation sites is 2. The smallest absolute Gasteiger partial charge is 0.411 e. The van der Waals surface area contributed by atoms with Crippen molar-refractivity contribution in [1.82, 2.24) is 4.90 Å². The molecule has 0 bridgehead atoms. The second-order valence-electron chi connectivity index (χ2n) is 5.92. The van der Waals surface area contributed by atoms with E-state index in [9.17, 15) is 9.59 Å². The molecule has 132 valence electrons. The molecule has 0 radical (unpaired) electrons. The molecule has 0 aromatic heterocycles. The van der Waals surface area contributed by atoms with Crippen LogP contribution in [0.15, 0.2) is 64.5 Å². The molecule has 4 rings (SSSR count). The number of nitrogens with zero attached hydrogens (tertiary/aromatic N) is 2. The van der Waals surface area contributed by atoms with Crippen molar-refractivity contribution in [3.05, 3.63) is 54.6 Å². The standard InChI is InChI=1S/C19H17N3O3S/c23-17-12-16-18(21-14-8-4-5-9-15(14)26-16)22(17)10-11-25-19(24)20-13-6-2-1-3-7-13/h1-9,16H,10-12H2,(H,20,24). The molecule has 1 N–H and O–H groups in total. The predicted octanol–water partition coefficient (Wildman–Crippen LogP) is 3.67. The Kier molecular flexibility index (Phi) is 4.62. The minimum atomic E-state index is -0.537. The molecule has 26 heavy (non-hydrogen) atoms. The van der Waals surface area contributed by atoms with E-state index in [4.69, 9.17) is 4.74 Å². The molecule has 2 aromatic carbocycles. The molecular weight excluding hydrogens is 350 g/mol. The number of aliphatic imine (C=N–C) groups is 1. The first-order valence-corrected chi connectivity index (χ1v) is 9.22. The summed E-state index contributed by atoms with van der Waals surface area (Å²) in [5.41, 5.74) is 1.55. The van der Waals surface area contributed by atoms with Crippen molar-refractivity contribution in [2.45, 2.75) is 16.6 Å². The normalized spacial score (nSPS) is 18.0. The zero-order chi connectivity index (χ0) is 17.9. The monoisotopic (exact) mass is 367 g/mol. The van der Waals surface area contributed by atoms with Crippen molar-refractivity contribution in [2.24, 2.45) is 4.99 Å². The van der Waals surface area contributed by atoms with Crippen molar-refractivity contribution in [2.75, 3.05) is 18.5 Å². The molecule has 2 amide bonds. The van der Waals surface area contributed by atoms with E-state index >= 15 is 0 Å². The molecule has 2 aliphatic rings. The number of hydrogen-bond acceptors (Lipinski definition) is 5. The van der Waals surface area contributed by atoms with Crippen molar-refractivity contribution in [1.29, 1.82) is 0 Å². The van der Waals surface area contributed by atoms with Gasteiger partial charge in [-0.05, 0) is 24.3 Å². The van der Waals surface area contributed by atoms with Gasteiger partial charge in [-0.3, -0.25) is 15.0 Å². The minimum absolute atomic E-state index is 0.0149. The van der Waals surface area contributed by atoms with Crippen LogP contribution in [-0.4, -0.2) is 41.1 Å². The van der Waals surface area contributed by atoms with Crippen molar-refractivity contribution >= 4 is 41.0 Å². The molecule has 2 aromatic rings. The third-order valence-electron chi connectivity index (χ3n) is 4.16. The van der Waals surface area contributed by atoms with Gasteiger partial charge in [0.2, 0.25) is 5.91 Å². The summed E-state index contributed by atoms with van der Waals surface area (Å²) < 4.78 is 5.20. The van der Waals surface area contributed by atoms with Crippen LogP contribution >= 0.6 is 11.8 Å². The van der Waals surface area contributed by atoms with Crippen LogP contribution in [0.25, 0.3) is 0 Å². The van der Waals surface area contributed by atoms with Gasteiger partial charge in [-0.15, -0.1) is 11.8 Å². The van der Waals surface area contributed by atoms with Gasteiger partial charge in [0, 0.05) is 17.0 Å². The average Bonchev–Trinajstić information content (AvgIpc) is 2.95. The van der Waals surface area contributed by atoms with E-state index in [1.54, 1.807) is 28.8 Å². The summed E-state index contributed by atoms with van der Waals surface area (Å²) in [6.07, 6.45) is -0.113. The highest BCUT2D eigenvalue weighted by Gasteiger charge is 2.39. The molecule has 0 aliphatic carbocycles. The SMILES string of the molecule is O=C(Nc1ccccc1)OCCN1C(=O)CC2Sc3ccccc3N=C21. The lowest BCUT2D eigenvalue weighted by Gasteiger charge is -2.23.